The standard InChI is InChI=1S/C25H30N2O5/c1-29-17-7-5-3-4-6-8-18-31-22-15-13-20(14-16-22)24-27-26-23(32-24)19-9-11-21(12-10-19)25(28)30-2/h9-16H,3-8,17-18H2,1-2H3. The molecular formula is C25H30N2O5. The molecule has 2 aromatic carbocycles. The van der Waals surface area contributed by atoms with Crippen LogP contribution < -0.4 is 4.74 Å². The second kappa shape index (κ2) is 12.6. The molecule has 0 radical (unpaired) electrons. The predicted octanol–water partition coefficient (Wildman–Crippen LogP) is 5.56. The fraction of sp³-hybridized carbons (Fsp3) is 0.400. The maximum atomic E-state index is 11.5. The summed E-state index contributed by atoms with van der Waals surface area (Å²) in [5.41, 5.74) is 2.02. The maximum Gasteiger partial charge on any atom is 0.337 e. The average Bonchev–Trinajstić information content (AvgIpc) is 3.33. The molecule has 0 aliphatic rings. The lowest BCUT2D eigenvalue weighted by Gasteiger charge is -2.06. The largest absolute Gasteiger partial charge is 0.494 e. The van der Waals surface area contributed by atoms with Crippen LogP contribution in [0.25, 0.3) is 22.9 Å². The summed E-state index contributed by atoms with van der Waals surface area (Å²) in [6.45, 7) is 1.57. The van der Waals surface area contributed by atoms with Gasteiger partial charge in [0.2, 0.25) is 11.8 Å². The quantitative estimate of drug-likeness (QED) is 0.255. The van der Waals surface area contributed by atoms with Gasteiger partial charge in [-0.15, -0.1) is 10.2 Å². The number of aromatic nitrogens is 2. The molecule has 0 amide bonds. The van der Waals surface area contributed by atoms with E-state index >= 15 is 0 Å². The van der Waals surface area contributed by atoms with Gasteiger partial charge in [-0.2, -0.15) is 0 Å². The van der Waals surface area contributed by atoms with Crippen molar-refractivity contribution in [2.45, 2.75) is 38.5 Å². The lowest BCUT2D eigenvalue weighted by molar-refractivity contribution is 0.0600. The van der Waals surface area contributed by atoms with Gasteiger partial charge in [0.25, 0.3) is 0 Å². The van der Waals surface area contributed by atoms with Crippen molar-refractivity contribution in [1.29, 1.82) is 0 Å². The number of nitrogens with zero attached hydrogens (tertiary/aromatic N) is 2. The lowest BCUT2D eigenvalue weighted by atomic mass is 10.1. The van der Waals surface area contributed by atoms with Crippen molar-refractivity contribution in [3.05, 3.63) is 54.1 Å². The minimum atomic E-state index is -0.386. The number of carbonyl (C=O) groups excluding carboxylic acids is 1. The highest BCUT2D eigenvalue weighted by atomic mass is 16.5. The molecule has 0 N–H and O–H groups in total. The number of esters is 1. The first kappa shape index (κ1) is 23.5. The first-order chi connectivity index (χ1) is 15.7. The number of ether oxygens (including phenoxy) is 3. The fourth-order valence-corrected chi connectivity index (χ4v) is 3.26. The Balaban J connectivity index is 1.45. The van der Waals surface area contributed by atoms with Crippen molar-refractivity contribution >= 4 is 5.97 Å². The molecular weight excluding hydrogens is 408 g/mol. The number of benzene rings is 2. The molecule has 7 nitrogen and oxygen atoms in total. The molecule has 7 heteroatoms. The van der Waals surface area contributed by atoms with Crippen LogP contribution in [0.15, 0.2) is 52.9 Å². The van der Waals surface area contributed by atoms with Crippen molar-refractivity contribution in [2.24, 2.45) is 0 Å². The molecule has 0 unspecified atom stereocenters. The number of rotatable bonds is 13. The highest BCUT2D eigenvalue weighted by molar-refractivity contribution is 5.89. The lowest BCUT2D eigenvalue weighted by Crippen LogP contribution is -2.00. The first-order valence-electron chi connectivity index (χ1n) is 11.0. The molecule has 1 aromatic heterocycles. The molecule has 0 saturated heterocycles. The van der Waals surface area contributed by atoms with Gasteiger partial charge in [-0.1, -0.05) is 25.7 Å². The highest BCUT2D eigenvalue weighted by Gasteiger charge is 2.12. The summed E-state index contributed by atoms with van der Waals surface area (Å²) < 4.78 is 21.4. The zero-order valence-electron chi connectivity index (χ0n) is 18.7. The molecule has 0 fully saturated rings. The SMILES string of the molecule is COCCCCCCCCOc1ccc(-c2nnc(-c3ccc(C(=O)OC)cc3)o2)cc1. The van der Waals surface area contributed by atoms with E-state index in [-0.39, 0.29) is 5.97 Å². The van der Waals surface area contributed by atoms with Gasteiger partial charge in [-0.3, -0.25) is 0 Å². The van der Waals surface area contributed by atoms with Crippen molar-refractivity contribution in [2.75, 3.05) is 27.4 Å². The summed E-state index contributed by atoms with van der Waals surface area (Å²) in [5.74, 6) is 1.26. The van der Waals surface area contributed by atoms with E-state index in [9.17, 15) is 4.79 Å². The highest BCUT2D eigenvalue weighted by Crippen LogP contribution is 2.26. The van der Waals surface area contributed by atoms with Crippen LogP contribution in [0.1, 0.15) is 48.9 Å². The topological polar surface area (TPSA) is 83.7 Å². The molecule has 170 valence electrons. The zero-order chi connectivity index (χ0) is 22.6. The Morgan fingerprint density at radius 3 is 1.84 bits per heavy atom. The fourth-order valence-electron chi connectivity index (χ4n) is 3.26. The van der Waals surface area contributed by atoms with Crippen molar-refractivity contribution < 1.29 is 23.4 Å². The Bertz CT molecular complexity index is 951. The second-order valence-electron chi connectivity index (χ2n) is 7.47. The van der Waals surface area contributed by atoms with Crippen molar-refractivity contribution in [3.8, 4) is 28.7 Å². The van der Waals surface area contributed by atoms with Crippen LogP contribution in [-0.2, 0) is 9.47 Å². The van der Waals surface area contributed by atoms with E-state index in [1.165, 1.54) is 32.8 Å². The smallest absolute Gasteiger partial charge is 0.337 e. The number of carbonyl (C=O) groups is 1. The van der Waals surface area contributed by atoms with E-state index in [4.69, 9.17) is 18.6 Å². The van der Waals surface area contributed by atoms with Gasteiger partial charge in [0.15, 0.2) is 0 Å². The molecule has 3 rings (SSSR count). The van der Waals surface area contributed by atoms with Gasteiger partial charge in [0.05, 0.1) is 19.3 Å². The van der Waals surface area contributed by atoms with Gasteiger partial charge >= 0.3 is 5.97 Å². The predicted molar refractivity (Wildman–Crippen MR) is 122 cm³/mol. The Kier molecular flexibility index (Phi) is 9.25. The van der Waals surface area contributed by atoms with Crippen LogP contribution in [0.3, 0.4) is 0 Å². The molecule has 0 aliphatic carbocycles. The van der Waals surface area contributed by atoms with E-state index in [2.05, 4.69) is 10.2 Å². The van der Waals surface area contributed by atoms with Gasteiger partial charge in [-0.05, 0) is 61.4 Å². The van der Waals surface area contributed by atoms with Gasteiger partial charge in [0.1, 0.15) is 5.75 Å². The molecule has 1 heterocycles. The number of hydrogen-bond donors (Lipinski definition) is 0. The number of hydrogen-bond acceptors (Lipinski definition) is 7. The maximum absolute atomic E-state index is 11.5. The Hall–Kier alpha value is -3.19. The molecule has 0 atom stereocenters. The van der Waals surface area contributed by atoms with Crippen LogP contribution in [0.5, 0.6) is 5.75 Å². The summed E-state index contributed by atoms with van der Waals surface area (Å²) >= 11 is 0. The third-order valence-corrected chi connectivity index (χ3v) is 5.09. The zero-order valence-corrected chi connectivity index (χ0v) is 18.7. The number of unbranched alkanes of at least 4 members (excludes halogenated alkanes) is 5. The van der Waals surface area contributed by atoms with E-state index < -0.39 is 0 Å². The van der Waals surface area contributed by atoms with E-state index in [0.717, 1.165) is 36.3 Å². The monoisotopic (exact) mass is 438 g/mol. The van der Waals surface area contributed by atoms with E-state index in [1.807, 2.05) is 24.3 Å². The van der Waals surface area contributed by atoms with Crippen molar-refractivity contribution in [3.63, 3.8) is 0 Å². The van der Waals surface area contributed by atoms with Gasteiger partial charge < -0.3 is 18.6 Å². The summed E-state index contributed by atoms with van der Waals surface area (Å²) in [6, 6.07) is 14.5. The van der Waals surface area contributed by atoms with Crippen molar-refractivity contribution in [1.82, 2.24) is 10.2 Å². The van der Waals surface area contributed by atoms with E-state index in [1.54, 1.807) is 31.4 Å². The van der Waals surface area contributed by atoms with E-state index in [0.29, 0.717) is 24.0 Å². The minimum Gasteiger partial charge on any atom is -0.494 e. The Morgan fingerprint density at radius 2 is 1.28 bits per heavy atom. The third kappa shape index (κ3) is 6.92. The molecule has 0 bridgehead atoms. The molecule has 3 aromatic rings. The Labute approximate surface area is 188 Å². The average molecular weight is 439 g/mol. The first-order valence-corrected chi connectivity index (χ1v) is 11.0. The molecule has 0 spiro atoms. The summed E-state index contributed by atoms with van der Waals surface area (Å²) in [7, 11) is 3.10. The van der Waals surface area contributed by atoms with Crippen LogP contribution in [0.2, 0.25) is 0 Å². The molecule has 32 heavy (non-hydrogen) atoms. The Morgan fingerprint density at radius 1 is 0.750 bits per heavy atom. The number of methoxy groups -OCH3 is 2. The summed E-state index contributed by atoms with van der Waals surface area (Å²) in [5, 5.41) is 8.24. The third-order valence-electron chi connectivity index (χ3n) is 5.09. The van der Waals surface area contributed by atoms with Gasteiger partial charge in [0, 0.05) is 24.8 Å². The van der Waals surface area contributed by atoms with Gasteiger partial charge in [-0.25, -0.2) is 4.79 Å². The summed E-state index contributed by atoms with van der Waals surface area (Å²) in [4.78, 5) is 11.5. The van der Waals surface area contributed by atoms with Crippen LogP contribution in [0, 0.1) is 0 Å². The normalized spacial score (nSPS) is 10.8. The van der Waals surface area contributed by atoms with Crippen LogP contribution in [-0.4, -0.2) is 43.6 Å². The second-order valence-corrected chi connectivity index (χ2v) is 7.47. The summed E-state index contributed by atoms with van der Waals surface area (Å²) in [6.07, 6.45) is 7.08. The molecule has 0 aliphatic heterocycles. The van der Waals surface area contributed by atoms with Crippen LogP contribution in [0.4, 0.5) is 0 Å². The minimum absolute atomic E-state index is 0.386. The molecule has 0 saturated carbocycles. The van der Waals surface area contributed by atoms with Crippen LogP contribution >= 0.6 is 0 Å².